The van der Waals surface area contributed by atoms with Gasteiger partial charge in [0.25, 0.3) is 0 Å². The van der Waals surface area contributed by atoms with E-state index in [1.807, 2.05) is 42.5 Å². The second-order valence-corrected chi connectivity index (χ2v) is 12.3. The molecule has 5 heteroatoms. The predicted octanol–water partition coefficient (Wildman–Crippen LogP) is 6.61. The van der Waals surface area contributed by atoms with Crippen molar-refractivity contribution < 1.29 is 8.42 Å². The maximum absolute atomic E-state index is 13.3. The first-order valence-corrected chi connectivity index (χ1v) is 15.5. The minimum Gasteiger partial charge on any atom is -0.303 e. The molecule has 0 saturated carbocycles. The van der Waals surface area contributed by atoms with Crippen molar-refractivity contribution >= 4 is 10.0 Å². The Bertz CT molecular complexity index is 1350. The van der Waals surface area contributed by atoms with Gasteiger partial charge in [-0.25, -0.2) is 13.1 Å². The SMILES string of the molecule is O=S(=O)(NCC(CCCN1CCC(c2ccccc2)CC1)(c1ccccc1)c1ccccc1)c1ccccc1. The summed E-state index contributed by atoms with van der Waals surface area (Å²) in [7, 11) is -3.65. The van der Waals surface area contributed by atoms with Gasteiger partial charge in [0.1, 0.15) is 0 Å². The zero-order valence-corrected chi connectivity index (χ0v) is 23.3. The maximum Gasteiger partial charge on any atom is 0.240 e. The lowest BCUT2D eigenvalue weighted by Gasteiger charge is -2.37. The normalized spacial score (nSPS) is 15.3. The molecule has 1 aliphatic rings. The molecule has 39 heavy (non-hydrogen) atoms. The molecule has 0 aliphatic carbocycles. The summed E-state index contributed by atoms with van der Waals surface area (Å²) in [5, 5.41) is 0. The van der Waals surface area contributed by atoms with Crippen LogP contribution in [0.3, 0.4) is 0 Å². The average Bonchev–Trinajstić information content (AvgIpc) is 3.01. The smallest absolute Gasteiger partial charge is 0.240 e. The topological polar surface area (TPSA) is 49.4 Å². The number of hydrogen-bond acceptors (Lipinski definition) is 3. The van der Waals surface area contributed by atoms with Gasteiger partial charge in [0.15, 0.2) is 0 Å². The van der Waals surface area contributed by atoms with Gasteiger partial charge in [-0.1, -0.05) is 109 Å². The van der Waals surface area contributed by atoms with Crippen LogP contribution in [0.15, 0.2) is 126 Å². The van der Waals surface area contributed by atoms with E-state index >= 15 is 0 Å². The summed E-state index contributed by atoms with van der Waals surface area (Å²) in [4.78, 5) is 2.87. The predicted molar refractivity (Wildman–Crippen MR) is 159 cm³/mol. The summed E-state index contributed by atoms with van der Waals surface area (Å²) in [6.45, 7) is 3.51. The minimum atomic E-state index is -3.65. The van der Waals surface area contributed by atoms with Crippen LogP contribution in [0.2, 0.25) is 0 Å². The van der Waals surface area contributed by atoms with E-state index in [0.29, 0.717) is 17.4 Å². The highest BCUT2D eigenvalue weighted by molar-refractivity contribution is 7.89. The Morgan fingerprint density at radius 2 is 1.18 bits per heavy atom. The van der Waals surface area contributed by atoms with Crippen molar-refractivity contribution in [1.29, 1.82) is 0 Å². The first-order valence-electron chi connectivity index (χ1n) is 14.0. The van der Waals surface area contributed by atoms with E-state index < -0.39 is 15.4 Å². The number of likely N-dealkylation sites (tertiary alicyclic amines) is 1. The number of piperidine rings is 1. The molecule has 0 amide bonds. The Labute approximate surface area is 233 Å². The summed E-state index contributed by atoms with van der Waals surface area (Å²) < 4.78 is 29.6. The van der Waals surface area contributed by atoms with Crippen molar-refractivity contribution in [2.45, 2.75) is 41.9 Å². The highest BCUT2D eigenvalue weighted by Crippen LogP contribution is 2.37. The van der Waals surface area contributed by atoms with Gasteiger partial charge in [-0.3, -0.25) is 0 Å². The molecule has 4 nitrogen and oxygen atoms in total. The number of rotatable bonds is 11. The van der Waals surface area contributed by atoms with Gasteiger partial charge in [0.2, 0.25) is 10.0 Å². The van der Waals surface area contributed by atoms with Crippen LogP contribution < -0.4 is 4.72 Å². The average molecular weight is 539 g/mol. The number of benzene rings is 4. The fourth-order valence-corrected chi connectivity index (χ4v) is 7.10. The van der Waals surface area contributed by atoms with Crippen LogP contribution in [0.1, 0.15) is 48.3 Å². The molecule has 0 aromatic heterocycles. The van der Waals surface area contributed by atoms with Gasteiger partial charge in [-0.05, 0) is 80.1 Å². The molecule has 0 bridgehead atoms. The van der Waals surface area contributed by atoms with Gasteiger partial charge in [0.05, 0.1) is 4.90 Å². The molecular weight excluding hydrogens is 500 g/mol. The molecule has 0 spiro atoms. The number of sulfonamides is 1. The van der Waals surface area contributed by atoms with Gasteiger partial charge >= 0.3 is 0 Å². The van der Waals surface area contributed by atoms with Crippen molar-refractivity contribution in [2.24, 2.45) is 0 Å². The standard InChI is InChI=1S/C34H38N2O2S/c37-39(38,33-20-11-4-12-21-33)35-28-34(31-16-7-2-8-17-31,32-18-9-3-10-19-32)24-13-25-36-26-22-30(23-27-36)29-14-5-1-6-15-29/h1-12,14-21,30,35H,13,22-28H2. The van der Waals surface area contributed by atoms with Crippen LogP contribution >= 0.6 is 0 Å². The van der Waals surface area contributed by atoms with Gasteiger partial charge in [-0.2, -0.15) is 0 Å². The van der Waals surface area contributed by atoms with E-state index in [4.69, 9.17) is 0 Å². The van der Waals surface area contributed by atoms with Crippen molar-refractivity contribution in [3.63, 3.8) is 0 Å². The Balaban J connectivity index is 1.34. The first kappa shape index (κ1) is 27.3. The summed E-state index contributed by atoms with van der Waals surface area (Å²) in [5.74, 6) is 0.641. The molecule has 0 radical (unpaired) electrons. The van der Waals surface area contributed by atoms with Crippen molar-refractivity contribution in [3.8, 4) is 0 Å². The van der Waals surface area contributed by atoms with E-state index in [2.05, 4.69) is 64.2 Å². The summed E-state index contributed by atoms with van der Waals surface area (Å²) in [5.41, 5.74) is 3.24. The molecule has 1 saturated heterocycles. The third kappa shape index (κ3) is 6.67. The molecule has 1 N–H and O–H groups in total. The van der Waals surface area contributed by atoms with Crippen molar-refractivity contribution in [2.75, 3.05) is 26.2 Å². The molecule has 1 heterocycles. The minimum absolute atomic E-state index is 0.293. The fraction of sp³-hybridized carbons (Fsp3) is 0.294. The molecule has 0 atom stereocenters. The summed E-state index contributed by atoms with van der Waals surface area (Å²) in [6.07, 6.45) is 4.19. The Hall–Kier alpha value is -3.25. The molecule has 202 valence electrons. The van der Waals surface area contributed by atoms with Crippen molar-refractivity contribution in [1.82, 2.24) is 9.62 Å². The summed E-state index contributed by atoms with van der Waals surface area (Å²) >= 11 is 0. The van der Waals surface area contributed by atoms with E-state index in [1.165, 1.54) is 18.4 Å². The highest BCUT2D eigenvalue weighted by Gasteiger charge is 2.35. The van der Waals surface area contributed by atoms with Crippen LogP contribution in [0, 0.1) is 0 Å². The molecular formula is C34H38N2O2S. The first-order chi connectivity index (χ1) is 19.1. The zero-order valence-electron chi connectivity index (χ0n) is 22.5. The number of nitrogens with zero attached hydrogens (tertiary/aromatic N) is 1. The lowest BCUT2D eigenvalue weighted by molar-refractivity contribution is 0.204. The van der Waals surface area contributed by atoms with Crippen LogP contribution in [-0.2, 0) is 15.4 Å². The number of hydrogen-bond donors (Lipinski definition) is 1. The second kappa shape index (κ2) is 12.7. The number of nitrogens with one attached hydrogen (secondary N) is 1. The Morgan fingerprint density at radius 1 is 0.692 bits per heavy atom. The van der Waals surface area contributed by atoms with E-state index in [9.17, 15) is 8.42 Å². The van der Waals surface area contributed by atoms with Crippen LogP contribution in [-0.4, -0.2) is 39.5 Å². The third-order valence-corrected chi connectivity index (χ3v) is 9.62. The highest BCUT2D eigenvalue weighted by atomic mass is 32.2. The van der Waals surface area contributed by atoms with Gasteiger partial charge < -0.3 is 4.90 Å². The van der Waals surface area contributed by atoms with Crippen molar-refractivity contribution in [3.05, 3.63) is 138 Å². The molecule has 1 fully saturated rings. The Kier molecular flexibility index (Phi) is 8.92. The summed E-state index contributed by atoms with van der Waals surface area (Å²) in [6, 6.07) is 40.3. The second-order valence-electron chi connectivity index (χ2n) is 10.6. The maximum atomic E-state index is 13.3. The van der Waals surface area contributed by atoms with E-state index in [1.54, 1.807) is 24.3 Å². The van der Waals surface area contributed by atoms with E-state index in [-0.39, 0.29) is 0 Å². The fourth-order valence-electron chi connectivity index (χ4n) is 5.98. The largest absolute Gasteiger partial charge is 0.303 e. The van der Waals surface area contributed by atoms with E-state index in [0.717, 1.165) is 43.6 Å². The lowest BCUT2D eigenvalue weighted by atomic mass is 9.71. The molecule has 0 unspecified atom stereocenters. The zero-order chi connectivity index (χ0) is 27.0. The monoisotopic (exact) mass is 538 g/mol. The molecule has 5 rings (SSSR count). The van der Waals surface area contributed by atoms with Gasteiger partial charge in [0, 0.05) is 12.0 Å². The third-order valence-electron chi connectivity index (χ3n) is 8.21. The Morgan fingerprint density at radius 3 is 1.72 bits per heavy atom. The lowest BCUT2D eigenvalue weighted by Crippen LogP contribution is -2.42. The molecule has 4 aromatic rings. The quantitative estimate of drug-likeness (QED) is 0.234. The molecule has 1 aliphatic heterocycles. The molecule has 4 aromatic carbocycles. The van der Waals surface area contributed by atoms with Gasteiger partial charge in [-0.15, -0.1) is 0 Å². The van der Waals surface area contributed by atoms with Crippen LogP contribution in [0.4, 0.5) is 0 Å². The van der Waals surface area contributed by atoms with Crippen LogP contribution in [0.25, 0.3) is 0 Å². The van der Waals surface area contributed by atoms with Crippen LogP contribution in [0.5, 0.6) is 0 Å².